The molecular weight excluding hydrogens is 545 g/mol. The van der Waals surface area contributed by atoms with Crippen LogP contribution in [-0.4, -0.2) is 64.0 Å². The van der Waals surface area contributed by atoms with Crippen molar-refractivity contribution >= 4 is 66.1 Å². The standard InChI is InChI=1S/C24H24N8O3S3/c25-1-2-28-24-29-16(19(22(26)34)23-27-3-4-32(23)24)10-13-9-15(30-38-13)14-12-36-21-17(33)11-18(37-20(14)21)31-5-7-35-8-6-31/h3-4,9,11-12H,1-2,5-8,10,25H2,(H2,26,34)(H,28,29)/p+1. The third-order valence-corrected chi connectivity index (χ3v) is 9.38. The molecular formula is C24H25N8O3S3+. The Morgan fingerprint density at radius 1 is 1.24 bits per heavy atom. The zero-order valence-electron chi connectivity index (χ0n) is 20.3. The SMILES string of the molecule is NC(=O)c1c(Cc2cc(-c3csc4c(=O)cc(N5CCOCC5)sc34)ns2)nc(NCC[NH3+])n2ccnc12. The molecule has 11 nitrogen and oxygen atoms in total. The molecule has 0 unspecified atom stereocenters. The van der Waals surface area contributed by atoms with Gasteiger partial charge in [-0.15, -0.1) is 22.7 Å². The summed E-state index contributed by atoms with van der Waals surface area (Å²) in [6, 6.07) is 3.73. The molecule has 0 aliphatic carbocycles. The number of carbonyl (C=O) groups is 1. The lowest BCUT2D eigenvalue weighted by Crippen LogP contribution is -2.53. The quantitative estimate of drug-likeness (QED) is 0.255. The summed E-state index contributed by atoms with van der Waals surface area (Å²) in [6.45, 7) is 4.15. The molecule has 1 saturated heterocycles. The van der Waals surface area contributed by atoms with Gasteiger partial charge in [0.1, 0.15) is 5.56 Å². The summed E-state index contributed by atoms with van der Waals surface area (Å²) >= 11 is 4.40. The van der Waals surface area contributed by atoms with Crippen LogP contribution < -0.4 is 27.1 Å². The van der Waals surface area contributed by atoms with E-state index in [0.29, 0.717) is 55.6 Å². The molecule has 14 heteroatoms. The van der Waals surface area contributed by atoms with E-state index in [0.717, 1.165) is 43.6 Å². The molecule has 1 amide bonds. The van der Waals surface area contributed by atoms with Crippen molar-refractivity contribution in [2.75, 3.05) is 49.6 Å². The van der Waals surface area contributed by atoms with Gasteiger partial charge in [0.05, 0.1) is 52.1 Å². The van der Waals surface area contributed by atoms with Crippen molar-refractivity contribution in [2.45, 2.75) is 6.42 Å². The van der Waals surface area contributed by atoms with Gasteiger partial charge in [-0.2, -0.15) is 4.37 Å². The first kappa shape index (κ1) is 24.9. The summed E-state index contributed by atoms with van der Waals surface area (Å²) in [5.41, 5.74) is 12.7. The number of ether oxygens (including phenoxy) is 1. The van der Waals surface area contributed by atoms with Gasteiger partial charge in [0.15, 0.2) is 11.1 Å². The molecule has 6 heterocycles. The summed E-state index contributed by atoms with van der Waals surface area (Å²) in [7, 11) is 0. The Labute approximate surface area is 228 Å². The highest BCUT2D eigenvalue weighted by Crippen LogP contribution is 2.39. The molecule has 0 atom stereocenters. The van der Waals surface area contributed by atoms with Gasteiger partial charge in [0.2, 0.25) is 5.95 Å². The van der Waals surface area contributed by atoms with Gasteiger partial charge in [-0.1, -0.05) is 0 Å². The number of hydrogen-bond acceptors (Lipinski definition) is 11. The lowest BCUT2D eigenvalue weighted by Gasteiger charge is -2.28. The van der Waals surface area contributed by atoms with Gasteiger partial charge in [0, 0.05) is 53.8 Å². The number of rotatable bonds is 8. The van der Waals surface area contributed by atoms with Crippen molar-refractivity contribution in [2.24, 2.45) is 5.73 Å². The van der Waals surface area contributed by atoms with Crippen molar-refractivity contribution in [3.63, 3.8) is 0 Å². The van der Waals surface area contributed by atoms with E-state index < -0.39 is 5.91 Å². The number of morpholine rings is 1. The summed E-state index contributed by atoms with van der Waals surface area (Å²) < 4.78 is 13.6. The number of imidazole rings is 1. The zero-order valence-corrected chi connectivity index (χ0v) is 22.8. The van der Waals surface area contributed by atoms with E-state index in [9.17, 15) is 9.59 Å². The maximum Gasteiger partial charge on any atom is 0.254 e. The molecule has 1 fully saturated rings. The molecule has 196 valence electrons. The smallest absolute Gasteiger partial charge is 0.254 e. The van der Waals surface area contributed by atoms with Crippen molar-refractivity contribution < 1.29 is 15.3 Å². The van der Waals surface area contributed by atoms with Crippen LogP contribution in [0.25, 0.3) is 26.3 Å². The highest BCUT2D eigenvalue weighted by Gasteiger charge is 2.22. The zero-order chi connectivity index (χ0) is 26.2. The number of amides is 1. The summed E-state index contributed by atoms with van der Waals surface area (Å²) in [5.74, 6) is -0.00322. The van der Waals surface area contributed by atoms with Crippen LogP contribution >= 0.6 is 34.2 Å². The molecule has 0 bridgehead atoms. The molecule has 6 N–H and O–H groups in total. The number of aromatic nitrogens is 4. The average Bonchev–Trinajstić information content (AvgIpc) is 3.67. The maximum atomic E-state index is 12.9. The second-order valence-corrected chi connectivity index (χ2v) is 11.5. The number of hydrogen-bond donors (Lipinski definition) is 3. The van der Waals surface area contributed by atoms with Crippen molar-refractivity contribution in [1.29, 1.82) is 0 Å². The van der Waals surface area contributed by atoms with Gasteiger partial charge in [-0.3, -0.25) is 14.0 Å². The molecule has 5 aromatic rings. The molecule has 0 aromatic carbocycles. The Kier molecular flexibility index (Phi) is 6.80. The molecule has 38 heavy (non-hydrogen) atoms. The fourth-order valence-electron chi connectivity index (χ4n) is 4.47. The third kappa shape index (κ3) is 4.54. The molecule has 0 radical (unpaired) electrons. The number of carbonyl (C=O) groups excluding carboxylic acids is 1. The van der Waals surface area contributed by atoms with Crippen LogP contribution in [0.15, 0.2) is 34.7 Å². The summed E-state index contributed by atoms with van der Waals surface area (Å²) in [4.78, 5) is 37.5. The normalized spacial score (nSPS) is 14.0. The highest BCUT2D eigenvalue weighted by molar-refractivity contribution is 7.28. The van der Waals surface area contributed by atoms with Gasteiger partial charge in [0.25, 0.3) is 5.91 Å². The van der Waals surface area contributed by atoms with Gasteiger partial charge in [-0.25, -0.2) is 9.97 Å². The minimum absolute atomic E-state index is 0.0255. The van der Waals surface area contributed by atoms with Crippen molar-refractivity contribution in [3.05, 3.63) is 56.3 Å². The van der Waals surface area contributed by atoms with Crippen molar-refractivity contribution in [1.82, 2.24) is 18.7 Å². The number of thiophene rings is 1. The Balaban J connectivity index is 1.36. The fraction of sp³-hybridized carbons (Fsp3) is 0.292. The van der Waals surface area contributed by atoms with E-state index in [1.165, 1.54) is 22.9 Å². The molecule has 1 aliphatic heterocycles. The number of fused-ring (bicyclic) bond motifs is 2. The van der Waals surface area contributed by atoms with Crippen LogP contribution in [0.4, 0.5) is 10.9 Å². The predicted molar refractivity (Wildman–Crippen MR) is 151 cm³/mol. The Bertz CT molecular complexity index is 1700. The van der Waals surface area contributed by atoms with E-state index in [2.05, 4.69) is 20.9 Å². The number of nitrogens with one attached hydrogen (secondary N) is 1. The van der Waals surface area contributed by atoms with Crippen LogP contribution in [0.5, 0.6) is 0 Å². The van der Waals surface area contributed by atoms with Crippen LogP contribution in [0.1, 0.15) is 20.9 Å². The Hall–Kier alpha value is -3.43. The average molecular weight is 570 g/mol. The van der Waals surface area contributed by atoms with Crippen LogP contribution in [0.3, 0.4) is 0 Å². The largest absolute Gasteiger partial charge is 0.378 e. The van der Waals surface area contributed by atoms with Crippen molar-refractivity contribution in [3.8, 4) is 11.3 Å². The number of nitrogens with two attached hydrogens (primary N) is 1. The van der Waals surface area contributed by atoms with Gasteiger partial charge < -0.3 is 26.4 Å². The number of primary amides is 1. The highest BCUT2D eigenvalue weighted by atomic mass is 32.1. The number of quaternary nitrogens is 1. The topological polar surface area (TPSA) is 155 Å². The van der Waals surface area contributed by atoms with Gasteiger partial charge in [-0.05, 0) is 17.6 Å². The first-order valence-electron chi connectivity index (χ1n) is 12.1. The Morgan fingerprint density at radius 2 is 2.08 bits per heavy atom. The van der Waals surface area contributed by atoms with Crippen LogP contribution in [-0.2, 0) is 11.2 Å². The van der Waals surface area contributed by atoms with E-state index in [1.54, 1.807) is 34.2 Å². The third-order valence-electron chi connectivity index (χ3n) is 6.26. The fourth-order valence-corrected chi connectivity index (χ4v) is 7.56. The second kappa shape index (κ2) is 10.4. The monoisotopic (exact) mass is 569 g/mol. The summed E-state index contributed by atoms with van der Waals surface area (Å²) in [6.07, 6.45) is 3.73. The minimum atomic E-state index is -0.582. The van der Waals surface area contributed by atoms with E-state index in [4.69, 9.17) is 19.8 Å². The number of nitrogens with zero attached hydrogens (tertiary/aromatic N) is 5. The lowest BCUT2D eigenvalue weighted by atomic mass is 10.1. The maximum absolute atomic E-state index is 12.9. The van der Waals surface area contributed by atoms with E-state index >= 15 is 0 Å². The Morgan fingerprint density at radius 3 is 2.87 bits per heavy atom. The molecule has 0 spiro atoms. The number of anilines is 2. The molecule has 1 aliphatic rings. The second-order valence-electron chi connectivity index (χ2n) is 8.73. The van der Waals surface area contributed by atoms with Gasteiger partial charge >= 0.3 is 0 Å². The van der Waals surface area contributed by atoms with E-state index in [-0.39, 0.29) is 5.43 Å². The first-order valence-corrected chi connectivity index (χ1v) is 14.5. The molecule has 0 saturated carbocycles. The van der Waals surface area contributed by atoms with E-state index in [1.807, 2.05) is 11.4 Å². The van der Waals surface area contributed by atoms with Crippen LogP contribution in [0.2, 0.25) is 0 Å². The first-order chi connectivity index (χ1) is 18.5. The molecule has 6 rings (SSSR count). The van der Waals surface area contributed by atoms with Crippen LogP contribution in [0, 0.1) is 0 Å². The lowest BCUT2D eigenvalue weighted by molar-refractivity contribution is -0.362. The summed E-state index contributed by atoms with van der Waals surface area (Å²) in [5, 5.41) is 6.19. The molecule has 5 aromatic heterocycles. The minimum Gasteiger partial charge on any atom is -0.378 e. The predicted octanol–water partition coefficient (Wildman–Crippen LogP) is 1.67.